The Bertz CT molecular complexity index is 467. The number of aromatic nitrogens is 1. The molecule has 1 saturated carbocycles. The van der Waals surface area contributed by atoms with E-state index in [4.69, 9.17) is 5.73 Å². The number of nitrogens with one attached hydrogen (secondary N) is 1. The van der Waals surface area contributed by atoms with Crippen LogP contribution in [0.5, 0.6) is 0 Å². The van der Waals surface area contributed by atoms with Crippen molar-refractivity contribution in [3.05, 3.63) is 4.88 Å². The van der Waals surface area contributed by atoms with Crippen LogP contribution < -0.4 is 16.0 Å². The topological polar surface area (TPSA) is 71.2 Å². The summed E-state index contributed by atoms with van der Waals surface area (Å²) in [4.78, 5) is 19.1. The number of amides is 1. The molecule has 0 atom stereocenters. The second-order valence-corrected chi connectivity index (χ2v) is 6.48. The Morgan fingerprint density at radius 1 is 1.58 bits per heavy atom. The maximum Gasteiger partial charge on any atom is 0.265 e. The van der Waals surface area contributed by atoms with Crippen LogP contribution in [0.2, 0.25) is 0 Å². The standard InChI is InChI=1S/C13H22N4OS/c1-4-8-17(3)12-15-10(14)9(19-12)11(18)16-13(2)6-5-7-13/h4-8,14H2,1-3H3,(H,16,18). The Balaban J connectivity index is 2.09. The van der Waals surface area contributed by atoms with Crippen LogP contribution in [0.4, 0.5) is 10.9 Å². The van der Waals surface area contributed by atoms with E-state index in [9.17, 15) is 4.79 Å². The van der Waals surface area contributed by atoms with Crippen molar-refractivity contribution in [2.24, 2.45) is 0 Å². The summed E-state index contributed by atoms with van der Waals surface area (Å²) in [5, 5.41) is 3.88. The SMILES string of the molecule is CCCN(C)c1nc(N)c(C(=O)NC2(C)CCC2)s1. The quantitative estimate of drug-likeness (QED) is 0.869. The van der Waals surface area contributed by atoms with Gasteiger partial charge in [-0.2, -0.15) is 0 Å². The van der Waals surface area contributed by atoms with Crippen molar-refractivity contribution >= 4 is 28.2 Å². The van der Waals surface area contributed by atoms with Crippen LogP contribution in [0, 0.1) is 0 Å². The number of anilines is 2. The molecule has 0 aromatic carbocycles. The zero-order chi connectivity index (χ0) is 14.0. The Morgan fingerprint density at radius 2 is 2.26 bits per heavy atom. The van der Waals surface area contributed by atoms with Crippen molar-refractivity contribution < 1.29 is 4.79 Å². The van der Waals surface area contributed by atoms with Gasteiger partial charge in [0.2, 0.25) is 0 Å². The molecule has 106 valence electrons. The van der Waals surface area contributed by atoms with Crippen LogP contribution in [-0.4, -0.2) is 30.0 Å². The zero-order valence-electron chi connectivity index (χ0n) is 11.8. The van der Waals surface area contributed by atoms with Crippen molar-refractivity contribution in [2.45, 2.75) is 45.1 Å². The zero-order valence-corrected chi connectivity index (χ0v) is 12.6. The smallest absolute Gasteiger partial charge is 0.265 e. The van der Waals surface area contributed by atoms with Gasteiger partial charge in [-0.05, 0) is 32.6 Å². The predicted octanol–water partition coefficient (Wildman–Crippen LogP) is 2.24. The molecule has 19 heavy (non-hydrogen) atoms. The van der Waals surface area contributed by atoms with E-state index in [2.05, 4.69) is 24.1 Å². The number of nitrogens with two attached hydrogens (primary N) is 1. The molecular weight excluding hydrogens is 260 g/mol. The molecular formula is C13H22N4OS. The molecule has 0 saturated heterocycles. The highest BCUT2D eigenvalue weighted by molar-refractivity contribution is 7.18. The summed E-state index contributed by atoms with van der Waals surface area (Å²) >= 11 is 1.37. The van der Waals surface area contributed by atoms with Gasteiger partial charge in [-0.15, -0.1) is 0 Å². The minimum atomic E-state index is -0.0895. The first-order valence-corrected chi connectivity index (χ1v) is 7.57. The largest absolute Gasteiger partial charge is 0.382 e. The molecule has 0 radical (unpaired) electrons. The lowest BCUT2D eigenvalue weighted by Crippen LogP contribution is -2.50. The minimum absolute atomic E-state index is 0.0526. The van der Waals surface area contributed by atoms with E-state index < -0.39 is 0 Å². The van der Waals surface area contributed by atoms with E-state index in [-0.39, 0.29) is 11.4 Å². The Hall–Kier alpha value is -1.30. The normalized spacial score (nSPS) is 16.8. The Labute approximate surface area is 118 Å². The Morgan fingerprint density at radius 3 is 2.79 bits per heavy atom. The lowest BCUT2D eigenvalue weighted by Gasteiger charge is -2.38. The number of carbonyl (C=O) groups excluding carboxylic acids is 1. The van der Waals surface area contributed by atoms with Crippen molar-refractivity contribution in [1.82, 2.24) is 10.3 Å². The van der Waals surface area contributed by atoms with Crippen molar-refractivity contribution in [3.63, 3.8) is 0 Å². The van der Waals surface area contributed by atoms with Crippen molar-refractivity contribution in [2.75, 3.05) is 24.2 Å². The van der Waals surface area contributed by atoms with E-state index in [0.29, 0.717) is 10.7 Å². The monoisotopic (exact) mass is 282 g/mol. The number of rotatable bonds is 5. The molecule has 1 aromatic heterocycles. The number of carbonyl (C=O) groups is 1. The molecule has 0 unspecified atom stereocenters. The second-order valence-electron chi connectivity index (χ2n) is 5.50. The van der Waals surface area contributed by atoms with Gasteiger partial charge in [-0.1, -0.05) is 18.3 Å². The molecule has 1 aliphatic rings. The predicted molar refractivity (Wildman–Crippen MR) is 79.8 cm³/mol. The van der Waals surface area contributed by atoms with E-state index in [1.165, 1.54) is 17.8 Å². The first kappa shape index (κ1) is 14.1. The van der Waals surface area contributed by atoms with Gasteiger partial charge in [0.25, 0.3) is 5.91 Å². The van der Waals surface area contributed by atoms with E-state index in [1.54, 1.807) is 0 Å². The minimum Gasteiger partial charge on any atom is -0.382 e. The summed E-state index contributed by atoms with van der Waals surface area (Å²) in [5.41, 5.74) is 5.81. The maximum atomic E-state index is 12.2. The summed E-state index contributed by atoms with van der Waals surface area (Å²) in [7, 11) is 1.97. The molecule has 2 rings (SSSR count). The van der Waals surface area contributed by atoms with E-state index >= 15 is 0 Å². The summed E-state index contributed by atoms with van der Waals surface area (Å²) < 4.78 is 0. The number of thiazole rings is 1. The third kappa shape index (κ3) is 3.00. The highest BCUT2D eigenvalue weighted by atomic mass is 32.1. The van der Waals surface area contributed by atoms with Gasteiger partial charge in [0.1, 0.15) is 10.7 Å². The van der Waals surface area contributed by atoms with Gasteiger partial charge < -0.3 is 16.0 Å². The number of nitrogens with zero attached hydrogens (tertiary/aromatic N) is 2. The first-order valence-electron chi connectivity index (χ1n) is 6.75. The van der Waals surface area contributed by atoms with Crippen LogP contribution in [0.1, 0.15) is 49.2 Å². The molecule has 6 heteroatoms. The van der Waals surface area contributed by atoms with E-state index in [1.807, 2.05) is 11.9 Å². The highest BCUT2D eigenvalue weighted by Gasteiger charge is 2.34. The molecule has 3 N–H and O–H groups in total. The summed E-state index contributed by atoms with van der Waals surface area (Å²) in [6.45, 7) is 5.10. The lowest BCUT2D eigenvalue weighted by atomic mass is 9.78. The molecule has 1 fully saturated rings. The van der Waals surface area contributed by atoms with Gasteiger partial charge in [0, 0.05) is 19.1 Å². The fourth-order valence-electron chi connectivity index (χ4n) is 2.24. The highest BCUT2D eigenvalue weighted by Crippen LogP contribution is 2.33. The first-order chi connectivity index (χ1) is 8.95. The van der Waals surface area contributed by atoms with Crippen molar-refractivity contribution in [1.29, 1.82) is 0 Å². The number of hydrogen-bond acceptors (Lipinski definition) is 5. The van der Waals surface area contributed by atoms with Gasteiger partial charge >= 0.3 is 0 Å². The van der Waals surface area contributed by atoms with Crippen LogP contribution in [-0.2, 0) is 0 Å². The summed E-state index contributed by atoms with van der Waals surface area (Å²) in [6.07, 6.45) is 4.30. The summed E-state index contributed by atoms with van der Waals surface area (Å²) in [5.74, 6) is 0.247. The molecule has 1 aliphatic carbocycles. The fourth-order valence-corrected chi connectivity index (χ4v) is 3.11. The number of nitrogen functional groups attached to an aromatic ring is 1. The Kier molecular flexibility index (Phi) is 3.99. The summed E-state index contributed by atoms with van der Waals surface area (Å²) in [6, 6.07) is 0. The van der Waals surface area contributed by atoms with Crippen molar-refractivity contribution in [3.8, 4) is 0 Å². The molecule has 0 bridgehead atoms. The van der Waals surface area contributed by atoms with Gasteiger partial charge in [0.05, 0.1) is 0 Å². The van der Waals surface area contributed by atoms with E-state index in [0.717, 1.165) is 30.9 Å². The number of hydrogen-bond donors (Lipinski definition) is 2. The second kappa shape index (κ2) is 5.36. The van der Waals surface area contributed by atoms with Gasteiger partial charge in [0.15, 0.2) is 5.13 Å². The molecule has 1 amide bonds. The van der Waals surface area contributed by atoms with Crippen LogP contribution >= 0.6 is 11.3 Å². The average Bonchev–Trinajstić information content (AvgIpc) is 2.70. The molecule has 1 aromatic rings. The third-order valence-corrected chi connectivity index (χ3v) is 4.79. The van der Waals surface area contributed by atoms with Gasteiger partial charge in [-0.25, -0.2) is 4.98 Å². The van der Waals surface area contributed by atoms with Gasteiger partial charge in [-0.3, -0.25) is 4.79 Å². The maximum absolute atomic E-state index is 12.2. The average molecular weight is 282 g/mol. The molecule has 0 spiro atoms. The fraction of sp³-hybridized carbons (Fsp3) is 0.692. The molecule has 1 heterocycles. The van der Waals surface area contributed by atoms with Crippen LogP contribution in [0.25, 0.3) is 0 Å². The molecule has 5 nitrogen and oxygen atoms in total. The lowest BCUT2D eigenvalue weighted by molar-refractivity contribution is 0.0855. The molecule has 0 aliphatic heterocycles. The third-order valence-electron chi connectivity index (χ3n) is 3.61. The van der Waals surface area contributed by atoms with Crippen LogP contribution in [0.15, 0.2) is 0 Å². The van der Waals surface area contributed by atoms with Crippen LogP contribution in [0.3, 0.4) is 0 Å².